The zero-order chi connectivity index (χ0) is 60.1. The van der Waals surface area contributed by atoms with Gasteiger partial charge in [-0.05, 0) is 114 Å². The SMILES string of the molecule is C.C.C.C.C.C.C.C.CC.CC.CC.CC.CCC(=O)C(C)(C)CC.CCC(C)(C)C(=O)CC1C2CC3C(=O)OC1C3C2.CCC(C)(C)C(=O)CC1CCC2CC1OC2=O.CCC(C)(C)C(=O)CC1CCOC1=O.O=C1OC2CC3CC(C2)CC1C3. The molecule has 0 aromatic carbocycles. The van der Waals surface area contributed by atoms with Crippen LogP contribution in [0.15, 0.2) is 0 Å². The number of fused-ring (bicyclic) bond motifs is 4. The summed E-state index contributed by atoms with van der Waals surface area (Å²) >= 11 is 0. The van der Waals surface area contributed by atoms with Gasteiger partial charge in [-0.15, -0.1) is 0 Å². The van der Waals surface area contributed by atoms with Crippen LogP contribution < -0.4 is 0 Å². The van der Waals surface area contributed by atoms with Crippen molar-refractivity contribution in [3.63, 3.8) is 0 Å². The molecule has 10 rings (SSSR count). The molecule has 10 fully saturated rings. The van der Waals surface area contributed by atoms with Gasteiger partial charge in [-0.2, -0.15) is 0 Å². The van der Waals surface area contributed by atoms with E-state index in [4.69, 9.17) is 18.9 Å². The lowest BCUT2D eigenvalue weighted by Crippen LogP contribution is -2.33. The zero-order valence-electron chi connectivity index (χ0n) is 53.5. The molecule has 5 saturated heterocycles. The van der Waals surface area contributed by atoms with Crippen LogP contribution in [0, 0.1) is 80.8 Å². The minimum atomic E-state index is -0.303. The first-order valence-electron chi connectivity index (χ1n) is 31.6. The molecule has 0 aromatic heterocycles. The number of hydrogen-bond acceptors (Lipinski definition) is 12. The standard InChI is InChI=1S/C15H22O3.C14H22O3.C11H18O3.C10H14O2.C8H16O.4C2H6.8CH4/c1-4-15(2,3)12(16)7-9-8-5-10-11(6-8)14(17)18-13(9)10;1-4-14(2,3)12(15)8-9-5-6-10-7-11(9)17-13(10)16;1-4-11(2,3)9(12)7-8-5-6-14-10(8)13;11-10-8-2-6-1-7(3-8)5-9(4-6)12-10;1-5-7(9)8(3,4)6-2;4*1-2;;;;;;;;/h8-11,13H,4-7H2,1-3H3;9-11H,4-8H2,1-3H3;8H,4-7H2,1-3H3;6-9H,1-5H2;5-6H2,1-4H3;4*1-2H3;8*1H4. The van der Waals surface area contributed by atoms with Crippen molar-refractivity contribution in [1.29, 1.82) is 0 Å². The minimum absolute atomic E-state index is 0. The quantitative estimate of drug-likeness (QED) is 0.112. The lowest BCUT2D eigenvalue weighted by Gasteiger charge is -2.35. The highest BCUT2D eigenvalue weighted by molar-refractivity contribution is 5.89. The monoisotopic (exact) mass is 1230 g/mol. The van der Waals surface area contributed by atoms with Gasteiger partial charge in [-0.3, -0.25) is 38.4 Å². The third kappa shape index (κ3) is 26.9. The van der Waals surface area contributed by atoms with Crippen LogP contribution in [0.5, 0.6) is 0 Å². The summed E-state index contributed by atoms with van der Waals surface area (Å²) < 4.78 is 21.1. The molecule has 0 amide bonds. The van der Waals surface area contributed by atoms with Crippen LogP contribution in [0.25, 0.3) is 0 Å². The van der Waals surface area contributed by atoms with Crippen molar-refractivity contribution >= 4 is 47.0 Å². The molecule has 12 heteroatoms. The molecule has 5 aliphatic heterocycles. The van der Waals surface area contributed by atoms with Crippen molar-refractivity contribution in [2.45, 2.75) is 345 Å². The molecule has 5 saturated carbocycles. The van der Waals surface area contributed by atoms with Crippen molar-refractivity contribution in [3.05, 3.63) is 0 Å². The second kappa shape index (κ2) is 45.8. The van der Waals surface area contributed by atoms with Crippen LogP contribution in [0.2, 0.25) is 0 Å². The van der Waals surface area contributed by atoms with Crippen molar-refractivity contribution in [2.24, 2.45) is 80.8 Å². The summed E-state index contributed by atoms with van der Waals surface area (Å²) in [6.45, 7) is 42.4. The molecular weight excluding hydrogens is 1080 g/mol. The van der Waals surface area contributed by atoms with E-state index in [0.717, 1.165) is 95.3 Å². The van der Waals surface area contributed by atoms with Crippen molar-refractivity contribution in [2.75, 3.05) is 6.61 Å². The summed E-state index contributed by atoms with van der Waals surface area (Å²) in [5, 5.41) is 0. The van der Waals surface area contributed by atoms with E-state index in [-0.39, 0.29) is 159 Å². The lowest BCUT2D eigenvalue weighted by atomic mass is 9.68. The average Bonchev–Trinajstić information content (AvgIpc) is 4.23. The van der Waals surface area contributed by atoms with E-state index in [1.165, 1.54) is 6.42 Å². The van der Waals surface area contributed by atoms with Crippen molar-refractivity contribution in [1.82, 2.24) is 0 Å². The van der Waals surface area contributed by atoms with E-state index in [9.17, 15) is 38.4 Å². The zero-order valence-corrected chi connectivity index (χ0v) is 53.5. The first-order chi connectivity index (χ1) is 36.7. The van der Waals surface area contributed by atoms with E-state index in [2.05, 4.69) is 6.92 Å². The molecule has 5 heterocycles. The molecular formula is C74H148O12. The smallest absolute Gasteiger partial charge is 0.309 e. The molecule has 11 unspecified atom stereocenters. The van der Waals surface area contributed by atoms with Gasteiger partial charge in [-0.25, -0.2) is 0 Å². The molecule has 5 aliphatic carbocycles. The summed E-state index contributed by atoms with van der Waals surface area (Å²) in [6.07, 6.45) is 17.4. The van der Waals surface area contributed by atoms with Gasteiger partial charge in [0.15, 0.2) is 0 Å². The fraction of sp³-hybridized carbons (Fsp3) is 0.892. The Balaban J connectivity index is -0.000000142. The highest BCUT2D eigenvalue weighted by atomic mass is 16.6. The molecule has 0 aromatic rings. The number of hydrogen-bond donors (Lipinski definition) is 0. The molecule has 10 aliphatic rings. The Morgan fingerprint density at radius 1 is 0.430 bits per heavy atom. The molecule has 86 heavy (non-hydrogen) atoms. The Kier molecular flexibility index (Phi) is 52.6. The molecule has 11 atom stereocenters. The predicted octanol–water partition coefficient (Wildman–Crippen LogP) is 20.6. The number of carbonyl (C=O) groups is 8. The number of ether oxygens (including phenoxy) is 4. The maximum absolute atomic E-state index is 12.3. The van der Waals surface area contributed by atoms with E-state index in [1.54, 1.807) is 0 Å². The number of esters is 4. The first-order valence-corrected chi connectivity index (χ1v) is 31.6. The number of cyclic esters (lactones) is 1. The van der Waals surface area contributed by atoms with Crippen LogP contribution in [0.1, 0.15) is 327 Å². The molecule has 0 spiro atoms. The molecule has 0 N–H and O–H groups in total. The van der Waals surface area contributed by atoms with Crippen LogP contribution >= 0.6 is 0 Å². The summed E-state index contributed by atoms with van der Waals surface area (Å²) in [4.78, 5) is 93.1. The first kappa shape index (κ1) is 98.8. The lowest BCUT2D eigenvalue weighted by molar-refractivity contribution is -0.151. The maximum atomic E-state index is 12.3. The van der Waals surface area contributed by atoms with Crippen LogP contribution in [0.4, 0.5) is 0 Å². The average molecular weight is 1230 g/mol. The Hall–Kier alpha value is -3.44. The number of rotatable bonds is 15. The van der Waals surface area contributed by atoms with E-state index in [1.807, 2.05) is 138 Å². The fourth-order valence-corrected chi connectivity index (χ4v) is 12.2. The molecule has 0 radical (unpaired) electrons. The van der Waals surface area contributed by atoms with Gasteiger partial charge in [-0.1, -0.05) is 205 Å². The third-order valence-corrected chi connectivity index (χ3v) is 19.1. The van der Waals surface area contributed by atoms with Gasteiger partial charge in [0.05, 0.1) is 30.3 Å². The highest BCUT2D eigenvalue weighted by Gasteiger charge is 2.62. The Morgan fingerprint density at radius 2 is 0.860 bits per heavy atom. The van der Waals surface area contributed by atoms with Gasteiger partial charge in [0.1, 0.15) is 41.4 Å². The van der Waals surface area contributed by atoms with E-state index in [0.29, 0.717) is 73.8 Å². The Morgan fingerprint density at radius 3 is 1.28 bits per heavy atom. The maximum Gasteiger partial charge on any atom is 0.309 e. The van der Waals surface area contributed by atoms with Gasteiger partial charge < -0.3 is 18.9 Å². The fourth-order valence-electron chi connectivity index (χ4n) is 12.2. The summed E-state index contributed by atoms with van der Waals surface area (Å²) in [7, 11) is 0. The van der Waals surface area contributed by atoms with Crippen LogP contribution in [-0.2, 0) is 57.3 Å². The molecule has 12 nitrogen and oxygen atoms in total. The third-order valence-electron chi connectivity index (χ3n) is 19.1. The van der Waals surface area contributed by atoms with Gasteiger partial charge in [0, 0.05) is 65.1 Å². The molecule has 8 bridgehead atoms. The van der Waals surface area contributed by atoms with Crippen molar-refractivity contribution < 1.29 is 57.3 Å². The highest BCUT2D eigenvalue weighted by Crippen LogP contribution is 2.58. The van der Waals surface area contributed by atoms with E-state index >= 15 is 0 Å². The second-order valence-corrected chi connectivity index (χ2v) is 25.2. The van der Waals surface area contributed by atoms with Gasteiger partial charge in [0.25, 0.3) is 0 Å². The van der Waals surface area contributed by atoms with Crippen LogP contribution in [0.3, 0.4) is 0 Å². The van der Waals surface area contributed by atoms with Crippen LogP contribution in [-0.4, -0.2) is 71.9 Å². The van der Waals surface area contributed by atoms with Gasteiger partial charge >= 0.3 is 23.9 Å². The summed E-state index contributed by atoms with van der Waals surface area (Å²) in [6, 6.07) is 0. The largest absolute Gasteiger partial charge is 0.465 e. The normalized spacial score (nSPS) is 27.2. The summed E-state index contributed by atoms with van der Waals surface area (Å²) in [5.41, 5.74) is -0.860. The second-order valence-electron chi connectivity index (χ2n) is 25.2. The Bertz CT molecular complexity index is 1900. The number of ketones is 4. The van der Waals surface area contributed by atoms with E-state index < -0.39 is 0 Å². The van der Waals surface area contributed by atoms with Gasteiger partial charge in [0.2, 0.25) is 0 Å². The number of carbonyl (C=O) groups excluding carboxylic acids is 8. The topological polar surface area (TPSA) is 173 Å². The predicted molar refractivity (Wildman–Crippen MR) is 366 cm³/mol. The Labute approximate surface area is 534 Å². The number of Topliss-reactive ketones (excluding diaryl/α,β-unsaturated/α-hetero) is 4. The minimum Gasteiger partial charge on any atom is -0.465 e. The molecule has 516 valence electrons. The van der Waals surface area contributed by atoms with Crippen molar-refractivity contribution in [3.8, 4) is 0 Å². The summed E-state index contributed by atoms with van der Waals surface area (Å²) in [5.74, 6) is 4.53.